The Kier molecular flexibility index (Phi) is 1.74. The quantitative estimate of drug-likeness (QED) is 0.384. The standard InChI is InChI=1S/C7H14N2/c1-6-3-4-9(5-6)7(2)8/h6,8H,3-5H2,1-2H3/t6-/m1/s1. The van der Waals surface area contributed by atoms with E-state index in [1.54, 1.807) is 0 Å². The molecule has 1 aliphatic heterocycles. The topological polar surface area (TPSA) is 27.1 Å². The van der Waals surface area contributed by atoms with Gasteiger partial charge in [-0.1, -0.05) is 6.92 Å². The van der Waals surface area contributed by atoms with Gasteiger partial charge in [0.15, 0.2) is 0 Å². The summed E-state index contributed by atoms with van der Waals surface area (Å²) in [7, 11) is 0. The third-order valence-electron chi connectivity index (χ3n) is 1.90. The molecule has 9 heavy (non-hydrogen) atoms. The van der Waals surface area contributed by atoms with Gasteiger partial charge in [-0.05, 0) is 19.3 Å². The van der Waals surface area contributed by atoms with Gasteiger partial charge in [0.05, 0.1) is 5.84 Å². The van der Waals surface area contributed by atoms with Crippen LogP contribution in [0.15, 0.2) is 0 Å². The van der Waals surface area contributed by atoms with Crippen LogP contribution in [0.5, 0.6) is 0 Å². The average molecular weight is 126 g/mol. The lowest BCUT2D eigenvalue weighted by Gasteiger charge is -2.14. The van der Waals surface area contributed by atoms with E-state index < -0.39 is 0 Å². The summed E-state index contributed by atoms with van der Waals surface area (Å²) in [5.74, 6) is 1.52. The molecule has 1 atom stereocenters. The van der Waals surface area contributed by atoms with Crippen LogP contribution in [0.4, 0.5) is 0 Å². The number of amidine groups is 1. The minimum Gasteiger partial charge on any atom is -0.361 e. The number of hydrogen-bond donors (Lipinski definition) is 1. The molecule has 1 heterocycles. The fourth-order valence-electron chi connectivity index (χ4n) is 1.24. The minimum absolute atomic E-state index is 0.722. The Balaban J connectivity index is 2.39. The summed E-state index contributed by atoms with van der Waals surface area (Å²) in [4.78, 5) is 2.13. The average Bonchev–Trinajstić information content (AvgIpc) is 2.14. The van der Waals surface area contributed by atoms with E-state index in [2.05, 4.69) is 11.8 Å². The molecule has 0 spiro atoms. The molecule has 0 aromatic carbocycles. The van der Waals surface area contributed by atoms with Gasteiger partial charge in [-0.15, -0.1) is 0 Å². The molecule has 0 saturated carbocycles. The predicted octanol–water partition coefficient (Wildman–Crippen LogP) is 1.33. The van der Waals surface area contributed by atoms with Crippen molar-refractivity contribution in [2.75, 3.05) is 13.1 Å². The van der Waals surface area contributed by atoms with Crippen LogP contribution in [0.1, 0.15) is 20.3 Å². The Morgan fingerprint density at radius 3 is 2.56 bits per heavy atom. The molecule has 0 amide bonds. The summed E-state index contributed by atoms with van der Waals surface area (Å²) in [6, 6.07) is 0. The second-order valence-corrected chi connectivity index (χ2v) is 2.93. The van der Waals surface area contributed by atoms with Gasteiger partial charge in [0.1, 0.15) is 0 Å². The van der Waals surface area contributed by atoms with Crippen LogP contribution < -0.4 is 0 Å². The first-order valence-electron chi connectivity index (χ1n) is 3.50. The zero-order valence-electron chi connectivity index (χ0n) is 6.15. The maximum Gasteiger partial charge on any atom is 0.0925 e. The number of hydrogen-bond acceptors (Lipinski definition) is 1. The third-order valence-corrected chi connectivity index (χ3v) is 1.90. The van der Waals surface area contributed by atoms with E-state index >= 15 is 0 Å². The summed E-state index contributed by atoms with van der Waals surface area (Å²) < 4.78 is 0. The summed E-state index contributed by atoms with van der Waals surface area (Å²) in [6.07, 6.45) is 1.26. The van der Waals surface area contributed by atoms with Gasteiger partial charge in [-0.3, -0.25) is 5.41 Å². The largest absolute Gasteiger partial charge is 0.361 e. The van der Waals surface area contributed by atoms with Crippen molar-refractivity contribution >= 4 is 5.84 Å². The molecule has 1 N–H and O–H groups in total. The lowest BCUT2D eigenvalue weighted by atomic mass is 10.2. The van der Waals surface area contributed by atoms with Gasteiger partial charge < -0.3 is 4.90 Å². The highest BCUT2D eigenvalue weighted by Gasteiger charge is 2.17. The van der Waals surface area contributed by atoms with Crippen molar-refractivity contribution in [3.63, 3.8) is 0 Å². The smallest absolute Gasteiger partial charge is 0.0925 e. The molecule has 0 aromatic rings. The Bertz CT molecular complexity index is 120. The van der Waals surface area contributed by atoms with Gasteiger partial charge in [0, 0.05) is 13.1 Å². The Labute approximate surface area is 56.4 Å². The van der Waals surface area contributed by atoms with Crippen molar-refractivity contribution in [1.82, 2.24) is 4.90 Å². The van der Waals surface area contributed by atoms with E-state index in [4.69, 9.17) is 5.41 Å². The normalized spacial score (nSPS) is 26.9. The molecule has 0 unspecified atom stereocenters. The third kappa shape index (κ3) is 1.44. The molecule has 0 bridgehead atoms. The number of likely N-dealkylation sites (tertiary alicyclic amines) is 1. The van der Waals surface area contributed by atoms with Crippen molar-refractivity contribution in [1.29, 1.82) is 5.41 Å². The maximum atomic E-state index is 7.31. The number of nitrogens with one attached hydrogen (secondary N) is 1. The second kappa shape index (κ2) is 2.38. The van der Waals surface area contributed by atoms with E-state index in [-0.39, 0.29) is 0 Å². The van der Waals surface area contributed by atoms with Crippen LogP contribution in [0, 0.1) is 11.3 Å². The van der Waals surface area contributed by atoms with Crippen LogP contribution in [0.3, 0.4) is 0 Å². The fraction of sp³-hybridized carbons (Fsp3) is 0.857. The lowest BCUT2D eigenvalue weighted by molar-refractivity contribution is 0.488. The SMILES string of the molecule is CC(=N)N1CC[C@@H](C)C1. The van der Waals surface area contributed by atoms with E-state index in [0.717, 1.165) is 24.8 Å². The summed E-state index contributed by atoms with van der Waals surface area (Å²) >= 11 is 0. The summed E-state index contributed by atoms with van der Waals surface area (Å²) in [6.45, 7) is 6.28. The molecule has 0 aromatic heterocycles. The molecule has 2 nitrogen and oxygen atoms in total. The van der Waals surface area contributed by atoms with E-state index in [0.29, 0.717) is 0 Å². The van der Waals surface area contributed by atoms with Crippen LogP contribution in [0.25, 0.3) is 0 Å². The molecule has 1 saturated heterocycles. The maximum absolute atomic E-state index is 7.31. The van der Waals surface area contributed by atoms with Crippen molar-refractivity contribution in [2.45, 2.75) is 20.3 Å². The molecule has 0 radical (unpaired) electrons. The lowest BCUT2D eigenvalue weighted by Crippen LogP contribution is -2.24. The van der Waals surface area contributed by atoms with Crippen LogP contribution in [-0.2, 0) is 0 Å². The highest BCUT2D eigenvalue weighted by molar-refractivity contribution is 5.76. The zero-order chi connectivity index (χ0) is 6.85. The highest BCUT2D eigenvalue weighted by atomic mass is 15.2. The molecule has 1 aliphatic rings. The Hall–Kier alpha value is -0.530. The first kappa shape index (κ1) is 6.59. The Morgan fingerprint density at radius 1 is 1.67 bits per heavy atom. The monoisotopic (exact) mass is 126 g/mol. The first-order chi connectivity index (χ1) is 4.20. The fourth-order valence-corrected chi connectivity index (χ4v) is 1.24. The number of rotatable bonds is 0. The highest BCUT2D eigenvalue weighted by Crippen LogP contribution is 2.14. The van der Waals surface area contributed by atoms with Crippen molar-refractivity contribution in [3.8, 4) is 0 Å². The van der Waals surface area contributed by atoms with Gasteiger partial charge in [-0.25, -0.2) is 0 Å². The molecule has 1 rings (SSSR count). The zero-order valence-corrected chi connectivity index (χ0v) is 6.15. The Morgan fingerprint density at radius 2 is 2.33 bits per heavy atom. The molecule has 52 valence electrons. The molecular weight excluding hydrogens is 112 g/mol. The summed E-state index contributed by atoms with van der Waals surface area (Å²) in [5, 5.41) is 7.31. The van der Waals surface area contributed by atoms with Crippen LogP contribution >= 0.6 is 0 Å². The molecule has 2 heteroatoms. The summed E-state index contributed by atoms with van der Waals surface area (Å²) in [5.41, 5.74) is 0. The minimum atomic E-state index is 0.722. The van der Waals surface area contributed by atoms with Gasteiger partial charge in [0.25, 0.3) is 0 Å². The molecule has 1 fully saturated rings. The van der Waals surface area contributed by atoms with Crippen molar-refractivity contribution in [2.24, 2.45) is 5.92 Å². The van der Waals surface area contributed by atoms with E-state index in [1.165, 1.54) is 6.42 Å². The van der Waals surface area contributed by atoms with Gasteiger partial charge in [0.2, 0.25) is 0 Å². The van der Waals surface area contributed by atoms with Gasteiger partial charge >= 0.3 is 0 Å². The number of nitrogens with zero attached hydrogens (tertiary/aromatic N) is 1. The van der Waals surface area contributed by atoms with Crippen molar-refractivity contribution in [3.05, 3.63) is 0 Å². The predicted molar refractivity (Wildman–Crippen MR) is 38.8 cm³/mol. The molecule has 0 aliphatic carbocycles. The molecular formula is C7H14N2. The van der Waals surface area contributed by atoms with Gasteiger partial charge in [-0.2, -0.15) is 0 Å². The van der Waals surface area contributed by atoms with E-state index in [1.807, 2.05) is 6.92 Å². The van der Waals surface area contributed by atoms with Crippen LogP contribution in [0.2, 0.25) is 0 Å². The second-order valence-electron chi connectivity index (χ2n) is 2.93. The van der Waals surface area contributed by atoms with Crippen LogP contribution in [-0.4, -0.2) is 23.8 Å². The van der Waals surface area contributed by atoms with E-state index in [9.17, 15) is 0 Å². The first-order valence-corrected chi connectivity index (χ1v) is 3.50. The van der Waals surface area contributed by atoms with Crippen molar-refractivity contribution < 1.29 is 0 Å².